The van der Waals surface area contributed by atoms with Gasteiger partial charge in [-0.2, -0.15) is 0 Å². The van der Waals surface area contributed by atoms with Crippen molar-refractivity contribution in [1.82, 2.24) is 15.0 Å². The van der Waals surface area contributed by atoms with Crippen LogP contribution in [0.4, 0.5) is 5.69 Å². The molecule has 0 fully saturated rings. The second-order valence-electron chi connectivity index (χ2n) is 4.89. The first-order valence-electron chi connectivity index (χ1n) is 7.01. The number of para-hydroxylation sites is 1. The highest BCUT2D eigenvalue weighted by Crippen LogP contribution is 2.25. The van der Waals surface area contributed by atoms with Crippen molar-refractivity contribution in [2.75, 3.05) is 19.5 Å². The Morgan fingerprint density at radius 1 is 1.13 bits per heavy atom. The van der Waals surface area contributed by atoms with Gasteiger partial charge in [0, 0.05) is 23.9 Å². The van der Waals surface area contributed by atoms with Gasteiger partial charge in [0.2, 0.25) is 5.91 Å². The van der Waals surface area contributed by atoms with Crippen molar-refractivity contribution >= 4 is 22.6 Å². The number of ether oxygens (including phenoxy) is 2. The molecular formula is C16H16N4O3. The summed E-state index contributed by atoms with van der Waals surface area (Å²) in [4.78, 5) is 12.2. The minimum atomic E-state index is -0.212. The molecule has 0 radical (unpaired) electrons. The average Bonchev–Trinajstić information content (AvgIpc) is 2.97. The van der Waals surface area contributed by atoms with Crippen LogP contribution >= 0.6 is 0 Å². The van der Waals surface area contributed by atoms with E-state index in [-0.39, 0.29) is 12.5 Å². The second-order valence-corrected chi connectivity index (χ2v) is 4.89. The monoisotopic (exact) mass is 312 g/mol. The maximum Gasteiger partial charge on any atom is 0.246 e. The van der Waals surface area contributed by atoms with Crippen molar-refractivity contribution in [2.45, 2.75) is 6.54 Å². The van der Waals surface area contributed by atoms with Gasteiger partial charge in [0.05, 0.1) is 19.7 Å². The van der Waals surface area contributed by atoms with Gasteiger partial charge < -0.3 is 14.8 Å². The lowest BCUT2D eigenvalue weighted by atomic mass is 10.2. The number of hydrogen-bond donors (Lipinski definition) is 1. The zero-order valence-electron chi connectivity index (χ0n) is 12.8. The number of nitrogens with one attached hydrogen (secondary N) is 1. The van der Waals surface area contributed by atoms with E-state index >= 15 is 0 Å². The first-order valence-corrected chi connectivity index (χ1v) is 7.01. The first-order chi connectivity index (χ1) is 11.2. The van der Waals surface area contributed by atoms with Crippen LogP contribution in [0.3, 0.4) is 0 Å². The third kappa shape index (κ3) is 3.23. The Labute approximate surface area is 132 Å². The molecule has 0 unspecified atom stereocenters. The number of nitrogens with zero attached hydrogens (tertiary/aromatic N) is 3. The maximum absolute atomic E-state index is 12.2. The van der Waals surface area contributed by atoms with E-state index in [2.05, 4.69) is 15.6 Å². The summed E-state index contributed by atoms with van der Waals surface area (Å²) in [6, 6.07) is 12.7. The summed E-state index contributed by atoms with van der Waals surface area (Å²) < 4.78 is 11.9. The number of fused-ring (bicyclic) bond motifs is 1. The van der Waals surface area contributed by atoms with Crippen LogP contribution in [0.2, 0.25) is 0 Å². The van der Waals surface area contributed by atoms with E-state index in [0.717, 1.165) is 11.0 Å². The Bertz CT molecular complexity index is 822. The largest absolute Gasteiger partial charge is 0.497 e. The molecule has 0 atom stereocenters. The van der Waals surface area contributed by atoms with Gasteiger partial charge >= 0.3 is 0 Å². The molecule has 0 aliphatic heterocycles. The van der Waals surface area contributed by atoms with E-state index in [1.54, 1.807) is 37.1 Å². The number of carbonyl (C=O) groups is 1. The number of amides is 1. The standard InChI is InChI=1S/C16H16N4O3/c1-22-12-7-11(8-13(9-12)23-2)17-16(21)10-20-15-6-4-3-5-14(15)18-19-20/h3-9H,10H2,1-2H3,(H,17,21). The Hall–Kier alpha value is -3.09. The van der Waals surface area contributed by atoms with E-state index in [0.29, 0.717) is 17.2 Å². The van der Waals surface area contributed by atoms with Crippen molar-refractivity contribution in [3.05, 3.63) is 42.5 Å². The van der Waals surface area contributed by atoms with Crippen LogP contribution in [-0.2, 0) is 11.3 Å². The maximum atomic E-state index is 12.2. The molecule has 1 amide bonds. The predicted molar refractivity (Wildman–Crippen MR) is 85.7 cm³/mol. The van der Waals surface area contributed by atoms with Crippen LogP contribution in [0.15, 0.2) is 42.5 Å². The summed E-state index contributed by atoms with van der Waals surface area (Å²) >= 11 is 0. The van der Waals surface area contributed by atoms with Crippen molar-refractivity contribution in [3.8, 4) is 11.5 Å². The van der Waals surface area contributed by atoms with E-state index in [9.17, 15) is 4.79 Å². The molecule has 0 saturated heterocycles. The van der Waals surface area contributed by atoms with Gasteiger partial charge in [-0.25, -0.2) is 4.68 Å². The molecule has 0 spiro atoms. The Morgan fingerprint density at radius 2 is 1.83 bits per heavy atom. The fraction of sp³-hybridized carbons (Fsp3) is 0.188. The molecule has 118 valence electrons. The zero-order chi connectivity index (χ0) is 16.2. The topological polar surface area (TPSA) is 78.3 Å². The average molecular weight is 312 g/mol. The van der Waals surface area contributed by atoms with Gasteiger partial charge in [-0.1, -0.05) is 17.3 Å². The van der Waals surface area contributed by atoms with Crippen LogP contribution in [0.25, 0.3) is 11.0 Å². The fourth-order valence-electron chi connectivity index (χ4n) is 2.25. The molecule has 3 rings (SSSR count). The minimum Gasteiger partial charge on any atom is -0.497 e. The lowest BCUT2D eigenvalue weighted by Crippen LogP contribution is -2.19. The number of aromatic nitrogens is 3. The number of rotatable bonds is 5. The predicted octanol–water partition coefficient (Wildman–Crippen LogP) is 2.09. The Morgan fingerprint density at radius 3 is 2.52 bits per heavy atom. The van der Waals surface area contributed by atoms with Crippen molar-refractivity contribution in [1.29, 1.82) is 0 Å². The van der Waals surface area contributed by atoms with E-state index < -0.39 is 0 Å². The summed E-state index contributed by atoms with van der Waals surface area (Å²) in [5.41, 5.74) is 2.16. The number of methoxy groups -OCH3 is 2. The van der Waals surface area contributed by atoms with Crippen molar-refractivity contribution in [3.63, 3.8) is 0 Å². The molecular weight excluding hydrogens is 296 g/mol. The summed E-state index contributed by atoms with van der Waals surface area (Å²) in [6.07, 6.45) is 0. The highest BCUT2D eigenvalue weighted by Gasteiger charge is 2.10. The number of benzene rings is 2. The summed E-state index contributed by atoms with van der Waals surface area (Å²) in [5, 5.41) is 10.8. The third-order valence-electron chi connectivity index (χ3n) is 3.35. The van der Waals surface area contributed by atoms with Crippen molar-refractivity contribution < 1.29 is 14.3 Å². The smallest absolute Gasteiger partial charge is 0.246 e. The van der Waals surface area contributed by atoms with Gasteiger partial charge in [0.1, 0.15) is 23.6 Å². The molecule has 0 aliphatic rings. The van der Waals surface area contributed by atoms with Crippen LogP contribution < -0.4 is 14.8 Å². The van der Waals surface area contributed by atoms with Gasteiger partial charge in [-0.3, -0.25) is 4.79 Å². The Kier molecular flexibility index (Phi) is 4.09. The molecule has 2 aromatic carbocycles. The number of carbonyl (C=O) groups excluding carboxylic acids is 1. The summed E-state index contributed by atoms with van der Waals surface area (Å²) in [5.74, 6) is 0.993. The van der Waals surface area contributed by atoms with E-state index in [4.69, 9.17) is 9.47 Å². The summed E-state index contributed by atoms with van der Waals surface area (Å²) in [6.45, 7) is 0.0695. The van der Waals surface area contributed by atoms with E-state index in [1.807, 2.05) is 24.3 Å². The lowest BCUT2D eigenvalue weighted by Gasteiger charge is -2.10. The molecule has 0 aliphatic carbocycles. The highest BCUT2D eigenvalue weighted by atomic mass is 16.5. The van der Waals surface area contributed by atoms with Crippen LogP contribution in [0, 0.1) is 0 Å². The molecule has 3 aromatic rings. The highest BCUT2D eigenvalue weighted by molar-refractivity contribution is 5.91. The van der Waals surface area contributed by atoms with Crippen molar-refractivity contribution in [2.24, 2.45) is 0 Å². The number of anilines is 1. The molecule has 1 aromatic heterocycles. The summed E-state index contributed by atoms with van der Waals surface area (Å²) in [7, 11) is 3.11. The molecule has 1 N–H and O–H groups in total. The zero-order valence-corrected chi connectivity index (χ0v) is 12.8. The quantitative estimate of drug-likeness (QED) is 0.780. The SMILES string of the molecule is COc1cc(NC(=O)Cn2nnc3ccccc32)cc(OC)c1. The van der Waals surface area contributed by atoms with Crippen LogP contribution in [0.1, 0.15) is 0 Å². The van der Waals surface area contributed by atoms with Crippen LogP contribution in [-0.4, -0.2) is 35.1 Å². The van der Waals surface area contributed by atoms with Crippen LogP contribution in [0.5, 0.6) is 11.5 Å². The normalized spacial score (nSPS) is 10.5. The van der Waals surface area contributed by atoms with E-state index in [1.165, 1.54) is 0 Å². The molecule has 1 heterocycles. The molecule has 0 saturated carbocycles. The first kappa shape index (κ1) is 14.8. The lowest BCUT2D eigenvalue weighted by molar-refractivity contribution is -0.116. The van der Waals surface area contributed by atoms with Gasteiger partial charge in [0.15, 0.2) is 0 Å². The minimum absolute atomic E-state index is 0.0695. The molecule has 7 nitrogen and oxygen atoms in total. The fourth-order valence-corrected chi connectivity index (χ4v) is 2.25. The Balaban J connectivity index is 1.77. The molecule has 23 heavy (non-hydrogen) atoms. The second kappa shape index (κ2) is 6.35. The molecule has 7 heteroatoms. The molecule has 0 bridgehead atoms. The van der Waals surface area contributed by atoms with Gasteiger partial charge in [-0.05, 0) is 12.1 Å². The third-order valence-corrected chi connectivity index (χ3v) is 3.35. The van der Waals surface area contributed by atoms with Gasteiger partial charge in [-0.15, -0.1) is 5.10 Å². The number of hydrogen-bond acceptors (Lipinski definition) is 5. The van der Waals surface area contributed by atoms with Gasteiger partial charge in [0.25, 0.3) is 0 Å².